The third-order valence-corrected chi connectivity index (χ3v) is 13.0. The second-order valence-corrected chi connectivity index (χ2v) is 19.4. The van der Waals surface area contributed by atoms with Gasteiger partial charge in [0.05, 0.1) is 30.5 Å². The molecule has 2 saturated heterocycles. The van der Waals surface area contributed by atoms with Crippen molar-refractivity contribution < 1.29 is 43.2 Å². The summed E-state index contributed by atoms with van der Waals surface area (Å²) >= 11 is 0. The van der Waals surface area contributed by atoms with E-state index in [2.05, 4.69) is 57.2 Å². The van der Waals surface area contributed by atoms with Gasteiger partial charge in [0.2, 0.25) is 0 Å². The van der Waals surface area contributed by atoms with E-state index in [9.17, 15) is 19.5 Å². The zero-order chi connectivity index (χ0) is 47.6. The molecule has 382 valence electrons. The predicted octanol–water partition coefficient (Wildman–Crippen LogP) is 15.0. The van der Waals surface area contributed by atoms with Gasteiger partial charge in [0.25, 0.3) is 0 Å². The van der Waals surface area contributed by atoms with Crippen molar-refractivity contribution in [2.75, 3.05) is 13.2 Å². The van der Waals surface area contributed by atoms with Gasteiger partial charge in [-0.15, -0.1) is 0 Å². The highest BCUT2D eigenvalue weighted by Crippen LogP contribution is 2.31. The second-order valence-electron chi connectivity index (χ2n) is 19.4. The van der Waals surface area contributed by atoms with Gasteiger partial charge in [0, 0.05) is 19.3 Å². The highest BCUT2D eigenvalue weighted by Gasteiger charge is 2.37. The number of hydrogen-bond acceptors (Lipinski definition) is 9. The van der Waals surface area contributed by atoms with E-state index < -0.39 is 6.10 Å². The molecule has 0 spiro atoms. The third-order valence-electron chi connectivity index (χ3n) is 13.0. The van der Waals surface area contributed by atoms with E-state index in [-0.39, 0.29) is 43.6 Å². The fourth-order valence-electron chi connectivity index (χ4n) is 8.53. The normalized spacial score (nSPS) is 18.9. The molecular weight excluding hydrogens is 829 g/mol. The maximum Gasteiger partial charge on any atom is 0.306 e. The first kappa shape index (κ1) is 59.6. The monoisotopic (exact) mass is 929 g/mol. The summed E-state index contributed by atoms with van der Waals surface area (Å²) < 4.78 is 28.4. The molecule has 0 saturated carbocycles. The smallest absolute Gasteiger partial charge is 0.306 e. The summed E-state index contributed by atoms with van der Waals surface area (Å²) in [5.74, 6) is -0.978. The van der Waals surface area contributed by atoms with Gasteiger partial charge in [-0.25, -0.2) is 0 Å². The summed E-state index contributed by atoms with van der Waals surface area (Å²) in [6, 6.07) is 0. The van der Waals surface area contributed by atoms with Crippen molar-refractivity contribution in [2.24, 2.45) is 0 Å². The first-order chi connectivity index (χ1) is 32.4. The fraction of sp³-hybridized carbons (Fsp3) is 0.842. The Hall–Kier alpha value is -2.49. The van der Waals surface area contributed by atoms with Gasteiger partial charge in [-0.05, 0) is 96.3 Å². The van der Waals surface area contributed by atoms with Crippen LogP contribution in [0.5, 0.6) is 0 Å². The quantitative estimate of drug-likeness (QED) is 0.0209. The van der Waals surface area contributed by atoms with E-state index in [1.54, 1.807) is 0 Å². The average molecular weight is 929 g/mol. The number of rotatable bonds is 48. The number of epoxide rings is 2. The van der Waals surface area contributed by atoms with Crippen LogP contribution in [0, 0.1) is 0 Å². The molecule has 5 atom stereocenters. The number of carbonyl (C=O) groups excluding carboxylic acids is 3. The molecule has 0 aliphatic carbocycles. The van der Waals surface area contributed by atoms with Gasteiger partial charge in [0.15, 0.2) is 6.10 Å². The summed E-state index contributed by atoms with van der Waals surface area (Å²) in [7, 11) is 0. The molecule has 2 heterocycles. The van der Waals surface area contributed by atoms with Crippen molar-refractivity contribution in [3.8, 4) is 0 Å². The fourth-order valence-corrected chi connectivity index (χ4v) is 8.53. The molecule has 5 unspecified atom stereocenters. The summed E-state index contributed by atoms with van der Waals surface area (Å²) in [5, 5.41) is 10.1. The zero-order valence-electron chi connectivity index (χ0n) is 42.7. The van der Waals surface area contributed by atoms with Crippen LogP contribution >= 0.6 is 0 Å². The van der Waals surface area contributed by atoms with Gasteiger partial charge >= 0.3 is 17.9 Å². The molecule has 66 heavy (non-hydrogen) atoms. The van der Waals surface area contributed by atoms with Crippen molar-refractivity contribution in [1.82, 2.24) is 0 Å². The van der Waals surface area contributed by atoms with Crippen LogP contribution in [0.3, 0.4) is 0 Å². The van der Waals surface area contributed by atoms with Gasteiger partial charge in [-0.1, -0.05) is 179 Å². The Balaban J connectivity index is 1.59. The molecule has 2 rings (SSSR count). The van der Waals surface area contributed by atoms with Crippen LogP contribution in [0.15, 0.2) is 36.5 Å². The standard InChI is InChI=1S/C57H100O9/c1-4-7-10-31-38-49(58)39-32-23-17-11-14-22-28-37-46-57(61)64-50(47-62-55(59)44-35-26-20-15-12-18-24-33-42-53-51(65-53)40-29-8-5-2)48-63-56(60)45-36-27-21-16-13-19-25-34-43-54-52(66-54)41-30-9-6-3/h23-25,32-34,49-54,58H,4-22,26-31,35-48H2,1-3H3/b32-23-,33-24-,34-25-. The molecule has 0 aromatic rings. The molecule has 0 amide bonds. The molecule has 9 heteroatoms. The SMILES string of the molecule is CCCCCCC(O)C/C=C\CCCCCCCC(=O)OC(COC(=O)CCCCCCC/C=C\CC1OC1CCCCC)COC(=O)CCCCCCC/C=C\CC1OC1CCCCC. The number of unbranched alkanes of at least 4 members (excludes halogenated alkanes) is 22. The van der Waals surface area contributed by atoms with Crippen LogP contribution < -0.4 is 0 Å². The van der Waals surface area contributed by atoms with E-state index >= 15 is 0 Å². The van der Waals surface area contributed by atoms with E-state index in [1.807, 2.05) is 0 Å². The number of allylic oxidation sites excluding steroid dienone is 3. The largest absolute Gasteiger partial charge is 0.462 e. The number of esters is 3. The molecule has 9 nitrogen and oxygen atoms in total. The van der Waals surface area contributed by atoms with E-state index in [0.29, 0.717) is 37.3 Å². The van der Waals surface area contributed by atoms with Gasteiger partial charge < -0.3 is 28.8 Å². The molecule has 0 radical (unpaired) electrons. The van der Waals surface area contributed by atoms with Crippen LogP contribution in [0.2, 0.25) is 0 Å². The maximum atomic E-state index is 12.8. The number of ether oxygens (including phenoxy) is 5. The van der Waals surface area contributed by atoms with Gasteiger partial charge in [-0.3, -0.25) is 14.4 Å². The molecule has 1 N–H and O–H groups in total. The second kappa shape index (κ2) is 42.6. The Kier molecular flexibility index (Phi) is 38.5. The van der Waals surface area contributed by atoms with Crippen LogP contribution in [-0.4, -0.2) is 72.9 Å². The Morgan fingerprint density at radius 3 is 1.32 bits per heavy atom. The lowest BCUT2D eigenvalue weighted by Gasteiger charge is -2.18. The average Bonchev–Trinajstić information content (AvgIpc) is 4.25. The lowest BCUT2D eigenvalue weighted by Crippen LogP contribution is -2.30. The summed E-state index contributed by atoms with van der Waals surface area (Å²) in [6.07, 6.45) is 51.9. The molecule has 2 fully saturated rings. The molecule has 2 aliphatic rings. The predicted molar refractivity (Wildman–Crippen MR) is 270 cm³/mol. The maximum absolute atomic E-state index is 12.8. The number of hydrogen-bond donors (Lipinski definition) is 1. The Morgan fingerprint density at radius 1 is 0.455 bits per heavy atom. The zero-order valence-corrected chi connectivity index (χ0v) is 42.7. The minimum Gasteiger partial charge on any atom is -0.462 e. The molecule has 0 aromatic carbocycles. The van der Waals surface area contributed by atoms with E-state index in [4.69, 9.17) is 23.7 Å². The lowest BCUT2D eigenvalue weighted by atomic mass is 10.1. The summed E-state index contributed by atoms with van der Waals surface area (Å²) in [4.78, 5) is 38.1. The molecule has 0 bridgehead atoms. The van der Waals surface area contributed by atoms with Crippen molar-refractivity contribution in [3.05, 3.63) is 36.5 Å². The third kappa shape index (κ3) is 36.5. The topological polar surface area (TPSA) is 124 Å². The van der Waals surface area contributed by atoms with Crippen LogP contribution in [-0.2, 0) is 38.1 Å². The van der Waals surface area contributed by atoms with Gasteiger partial charge in [0.1, 0.15) is 13.2 Å². The first-order valence-electron chi connectivity index (χ1n) is 27.8. The van der Waals surface area contributed by atoms with Crippen LogP contribution in [0.1, 0.15) is 258 Å². The van der Waals surface area contributed by atoms with Crippen molar-refractivity contribution >= 4 is 17.9 Å². The van der Waals surface area contributed by atoms with Crippen molar-refractivity contribution in [3.63, 3.8) is 0 Å². The molecule has 2 aliphatic heterocycles. The van der Waals surface area contributed by atoms with Gasteiger partial charge in [-0.2, -0.15) is 0 Å². The van der Waals surface area contributed by atoms with Crippen molar-refractivity contribution in [1.29, 1.82) is 0 Å². The highest BCUT2D eigenvalue weighted by atomic mass is 16.6. The Bertz CT molecular complexity index is 1200. The Labute approximate surface area is 404 Å². The highest BCUT2D eigenvalue weighted by molar-refractivity contribution is 5.71. The summed E-state index contributed by atoms with van der Waals surface area (Å²) in [5.41, 5.74) is 0. The number of aliphatic hydroxyl groups is 1. The van der Waals surface area contributed by atoms with E-state index in [1.165, 1.54) is 70.6 Å². The van der Waals surface area contributed by atoms with E-state index in [0.717, 1.165) is 148 Å². The number of aliphatic hydroxyl groups excluding tert-OH is 1. The first-order valence-corrected chi connectivity index (χ1v) is 27.8. The van der Waals surface area contributed by atoms with Crippen molar-refractivity contribution in [2.45, 2.75) is 295 Å². The van der Waals surface area contributed by atoms with Crippen LogP contribution in [0.4, 0.5) is 0 Å². The minimum atomic E-state index is -0.815. The molecular formula is C57H100O9. The Morgan fingerprint density at radius 2 is 0.848 bits per heavy atom. The molecule has 0 aromatic heterocycles. The minimum absolute atomic E-state index is 0.110. The lowest BCUT2D eigenvalue weighted by molar-refractivity contribution is -0.167. The van der Waals surface area contributed by atoms with Crippen LogP contribution in [0.25, 0.3) is 0 Å². The summed E-state index contributed by atoms with van der Waals surface area (Å²) in [6.45, 7) is 6.45. The number of carbonyl (C=O) groups is 3.